The molecule has 1 unspecified atom stereocenters. The van der Waals surface area contributed by atoms with E-state index in [-0.39, 0.29) is 13.0 Å². The molecule has 0 saturated heterocycles. The number of hydrogen-bond donors (Lipinski definition) is 1. The van der Waals surface area contributed by atoms with Crippen LogP contribution in [0.4, 0.5) is 4.39 Å². The first-order valence-corrected chi connectivity index (χ1v) is 3.51. The molecule has 1 nitrogen and oxygen atoms in total. The van der Waals surface area contributed by atoms with Crippen molar-refractivity contribution in [3.05, 3.63) is 0 Å². The van der Waals surface area contributed by atoms with Gasteiger partial charge in [0.1, 0.15) is 5.67 Å². The molecule has 0 aliphatic heterocycles. The standard InChI is InChI=1S/C8H14FN/c1-3-5-8(9,7-10)6-4-2/h1H,4-7,10H2,2H3. The van der Waals surface area contributed by atoms with E-state index in [1.165, 1.54) is 0 Å². The maximum Gasteiger partial charge on any atom is 0.134 e. The van der Waals surface area contributed by atoms with Gasteiger partial charge >= 0.3 is 0 Å². The maximum atomic E-state index is 13.3. The van der Waals surface area contributed by atoms with Crippen LogP contribution in [0.1, 0.15) is 26.2 Å². The van der Waals surface area contributed by atoms with Gasteiger partial charge in [-0.3, -0.25) is 0 Å². The minimum Gasteiger partial charge on any atom is -0.327 e. The van der Waals surface area contributed by atoms with Crippen LogP contribution in [0.25, 0.3) is 0 Å². The molecule has 58 valence electrons. The SMILES string of the molecule is C#CCC(F)(CN)CCC. The van der Waals surface area contributed by atoms with Crippen molar-refractivity contribution >= 4 is 0 Å². The lowest BCUT2D eigenvalue weighted by Gasteiger charge is -2.19. The van der Waals surface area contributed by atoms with Gasteiger partial charge in [-0.25, -0.2) is 4.39 Å². The first-order valence-electron chi connectivity index (χ1n) is 3.51. The largest absolute Gasteiger partial charge is 0.327 e. The van der Waals surface area contributed by atoms with Crippen LogP contribution in [0.2, 0.25) is 0 Å². The number of terminal acetylenes is 1. The molecular formula is C8H14FN. The highest BCUT2D eigenvalue weighted by molar-refractivity contribution is 4.95. The second kappa shape index (κ2) is 4.29. The summed E-state index contributed by atoms with van der Waals surface area (Å²) in [7, 11) is 0. The Morgan fingerprint density at radius 1 is 1.70 bits per heavy atom. The fourth-order valence-electron chi connectivity index (χ4n) is 0.894. The third kappa shape index (κ3) is 2.84. The highest BCUT2D eigenvalue weighted by atomic mass is 19.1. The zero-order valence-corrected chi connectivity index (χ0v) is 6.36. The maximum absolute atomic E-state index is 13.3. The van der Waals surface area contributed by atoms with Crippen LogP contribution in [-0.4, -0.2) is 12.2 Å². The molecule has 2 heteroatoms. The number of halogens is 1. The lowest BCUT2D eigenvalue weighted by molar-refractivity contribution is 0.165. The van der Waals surface area contributed by atoms with Crippen molar-refractivity contribution in [1.82, 2.24) is 0 Å². The van der Waals surface area contributed by atoms with E-state index in [9.17, 15) is 4.39 Å². The van der Waals surface area contributed by atoms with Crippen molar-refractivity contribution in [2.24, 2.45) is 5.73 Å². The Morgan fingerprint density at radius 3 is 2.60 bits per heavy atom. The predicted octanol–water partition coefficient (Wildman–Crippen LogP) is 1.48. The fraction of sp³-hybridized carbons (Fsp3) is 0.750. The first-order chi connectivity index (χ1) is 4.68. The van der Waals surface area contributed by atoms with Gasteiger partial charge in [0.25, 0.3) is 0 Å². The minimum atomic E-state index is -1.32. The predicted molar refractivity (Wildman–Crippen MR) is 41.3 cm³/mol. The zero-order chi connectivity index (χ0) is 8.04. The Bertz CT molecular complexity index is 128. The normalized spacial score (nSPS) is 15.8. The second-order valence-electron chi connectivity index (χ2n) is 2.49. The molecule has 0 amide bonds. The van der Waals surface area contributed by atoms with E-state index >= 15 is 0 Å². The second-order valence-corrected chi connectivity index (χ2v) is 2.49. The van der Waals surface area contributed by atoms with Gasteiger partial charge in [-0.15, -0.1) is 12.3 Å². The Hall–Kier alpha value is -0.550. The summed E-state index contributed by atoms with van der Waals surface area (Å²) in [6.07, 6.45) is 6.36. The van der Waals surface area contributed by atoms with Gasteiger partial charge in [0, 0.05) is 13.0 Å². The molecule has 0 saturated carbocycles. The average Bonchev–Trinajstić information content (AvgIpc) is 1.89. The lowest BCUT2D eigenvalue weighted by atomic mass is 9.97. The van der Waals surface area contributed by atoms with Gasteiger partial charge in [0.05, 0.1) is 0 Å². The van der Waals surface area contributed by atoms with Gasteiger partial charge in [0.2, 0.25) is 0 Å². The molecule has 0 fully saturated rings. The van der Waals surface area contributed by atoms with Crippen molar-refractivity contribution in [2.75, 3.05) is 6.54 Å². The van der Waals surface area contributed by atoms with Crippen LogP contribution >= 0.6 is 0 Å². The van der Waals surface area contributed by atoms with E-state index < -0.39 is 5.67 Å². The fourth-order valence-corrected chi connectivity index (χ4v) is 0.894. The van der Waals surface area contributed by atoms with Crippen molar-refractivity contribution in [2.45, 2.75) is 31.9 Å². The third-order valence-electron chi connectivity index (χ3n) is 1.48. The zero-order valence-electron chi connectivity index (χ0n) is 6.36. The van der Waals surface area contributed by atoms with Crippen LogP contribution < -0.4 is 5.73 Å². The molecule has 0 aromatic heterocycles. The van der Waals surface area contributed by atoms with E-state index in [4.69, 9.17) is 12.2 Å². The van der Waals surface area contributed by atoms with Crippen molar-refractivity contribution in [3.8, 4) is 12.3 Å². The van der Waals surface area contributed by atoms with E-state index in [1.54, 1.807) is 0 Å². The number of alkyl halides is 1. The van der Waals surface area contributed by atoms with Crippen LogP contribution in [0.15, 0.2) is 0 Å². The summed E-state index contributed by atoms with van der Waals surface area (Å²) in [5, 5.41) is 0. The lowest BCUT2D eigenvalue weighted by Crippen LogP contribution is -2.32. The molecular weight excluding hydrogens is 129 g/mol. The summed E-state index contributed by atoms with van der Waals surface area (Å²) in [5.74, 6) is 2.29. The summed E-state index contributed by atoms with van der Waals surface area (Å²) >= 11 is 0. The minimum absolute atomic E-state index is 0.0328. The highest BCUT2D eigenvalue weighted by Gasteiger charge is 2.24. The van der Waals surface area contributed by atoms with E-state index in [1.807, 2.05) is 6.92 Å². The molecule has 0 spiro atoms. The molecule has 0 rings (SSSR count). The van der Waals surface area contributed by atoms with Crippen molar-refractivity contribution in [3.63, 3.8) is 0 Å². The third-order valence-corrected chi connectivity index (χ3v) is 1.48. The topological polar surface area (TPSA) is 26.0 Å². The van der Waals surface area contributed by atoms with Crippen LogP contribution in [0.5, 0.6) is 0 Å². The molecule has 0 aromatic carbocycles. The van der Waals surface area contributed by atoms with Gasteiger partial charge in [-0.2, -0.15) is 0 Å². The summed E-state index contributed by atoms with van der Waals surface area (Å²) < 4.78 is 13.3. The van der Waals surface area contributed by atoms with Gasteiger partial charge in [-0.1, -0.05) is 13.3 Å². The van der Waals surface area contributed by atoms with Crippen LogP contribution in [-0.2, 0) is 0 Å². The van der Waals surface area contributed by atoms with Crippen molar-refractivity contribution in [1.29, 1.82) is 0 Å². The summed E-state index contributed by atoms with van der Waals surface area (Å²) in [5.41, 5.74) is 3.89. The molecule has 0 aliphatic carbocycles. The van der Waals surface area contributed by atoms with Crippen LogP contribution in [0, 0.1) is 12.3 Å². The van der Waals surface area contributed by atoms with Gasteiger partial charge in [0.15, 0.2) is 0 Å². The quantitative estimate of drug-likeness (QED) is 0.593. The Balaban J connectivity index is 3.84. The van der Waals surface area contributed by atoms with Gasteiger partial charge < -0.3 is 5.73 Å². The molecule has 1 atom stereocenters. The Morgan fingerprint density at radius 2 is 2.30 bits per heavy atom. The van der Waals surface area contributed by atoms with Crippen LogP contribution in [0.3, 0.4) is 0 Å². The Kier molecular flexibility index (Phi) is 4.06. The number of nitrogens with two attached hydrogens (primary N) is 1. The summed E-state index contributed by atoms with van der Waals surface area (Å²) in [6.45, 7) is 1.95. The van der Waals surface area contributed by atoms with Crippen molar-refractivity contribution < 1.29 is 4.39 Å². The average molecular weight is 143 g/mol. The Labute approximate surface area is 61.8 Å². The van der Waals surface area contributed by atoms with E-state index in [0.29, 0.717) is 6.42 Å². The number of rotatable bonds is 4. The smallest absolute Gasteiger partial charge is 0.134 e. The molecule has 0 heterocycles. The molecule has 0 aromatic rings. The summed E-state index contributed by atoms with van der Waals surface area (Å²) in [6, 6.07) is 0. The van der Waals surface area contributed by atoms with E-state index in [2.05, 4.69) is 5.92 Å². The number of hydrogen-bond acceptors (Lipinski definition) is 1. The molecule has 0 bridgehead atoms. The van der Waals surface area contributed by atoms with Gasteiger partial charge in [-0.05, 0) is 6.42 Å². The molecule has 10 heavy (non-hydrogen) atoms. The van der Waals surface area contributed by atoms with E-state index in [0.717, 1.165) is 6.42 Å². The first kappa shape index (κ1) is 9.45. The summed E-state index contributed by atoms with van der Waals surface area (Å²) in [4.78, 5) is 0. The monoisotopic (exact) mass is 143 g/mol. The molecule has 0 radical (unpaired) electrons. The molecule has 0 aliphatic rings. The molecule has 2 N–H and O–H groups in total. The highest BCUT2D eigenvalue weighted by Crippen LogP contribution is 2.20.